The Morgan fingerprint density at radius 1 is 1.33 bits per heavy atom. The molecule has 2 N–H and O–H groups in total. The van der Waals surface area contributed by atoms with Crippen LogP contribution in [0.4, 0.5) is 5.69 Å². The molecule has 1 aromatic carbocycles. The standard InChI is InChI=1S/C16H24N2O3/c1-11(17-15-9-20-16(3,4)21-10-15)13-6-5-7-14(8-13)18-12(2)19/h5-8,11,15,17H,9-10H2,1-4H3,(H,18,19). The summed E-state index contributed by atoms with van der Waals surface area (Å²) in [6.45, 7) is 8.69. The monoisotopic (exact) mass is 292 g/mol. The minimum Gasteiger partial charge on any atom is -0.349 e. The van der Waals surface area contributed by atoms with E-state index in [4.69, 9.17) is 9.47 Å². The van der Waals surface area contributed by atoms with Crippen LogP contribution >= 0.6 is 0 Å². The highest BCUT2D eigenvalue weighted by Gasteiger charge is 2.28. The van der Waals surface area contributed by atoms with E-state index in [2.05, 4.69) is 17.6 Å². The van der Waals surface area contributed by atoms with Crippen LogP contribution in [0.5, 0.6) is 0 Å². The molecular formula is C16H24N2O3. The fourth-order valence-corrected chi connectivity index (χ4v) is 2.33. The lowest BCUT2D eigenvalue weighted by Gasteiger charge is -2.36. The average molecular weight is 292 g/mol. The van der Waals surface area contributed by atoms with Gasteiger partial charge in [0.05, 0.1) is 19.3 Å². The van der Waals surface area contributed by atoms with E-state index in [9.17, 15) is 4.79 Å². The molecular weight excluding hydrogens is 268 g/mol. The van der Waals surface area contributed by atoms with E-state index < -0.39 is 5.79 Å². The summed E-state index contributed by atoms with van der Waals surface area (Å²) in [5.74, 6) is -0.559. The lowest BCUT2D eigenvalue weighted by molar-refractivity contribution is -0.253. The van der Waals surface area contributed by atoms with Crippen LogP contribution in [0, 0.1) is 0 Å². The molecule has 116 valence electrons. The second-order valence-electron chi connectivity index (χ2n) is 5.91. The summed E-state index contributed by atoms with van der Waals surface area (Å²) in [7, 11) is 0. The third-order valence-corrected chi connectivity index (χ3v) is 3.46. The summed E-state index contributed by atoms with van der Waals surface area (Å²) in [5, 5.41) is 6.29. The van der Waals surface area contributed by atoms with Crippen LogP contribution in [-0.4, -0.2) is 30.9 Å². The number of hydrogen-bond donors (Lipinski definition) is 2. The number of nitrogens with one attached hydrogen (secondary N) is 2. The Morgan fingerprint density at radius 3 is 2.62 bits per heavy atom. The minimum absolute atomic E-state index is 0.0657. The second kappa shape index (κ2) is 6.56. The molecule has 21 heavy (non-hydrogen) atoms. The van der Waals surface area contributed by atoms with Gasteiger partial charge in [0.25, 0.3) is 0 Å². The van der Waals surface area contributed by atoms with Crippen LogP contribution in [-0.2, 0) is 14.3 Å². The van der Waals surface area contributed by atoms with E-state index >= 15 is 0 Å². The van der Waals surface area contributed by atoms with Gasteiger partial charge in [-0.1, -0.05) is 12.1 Å². The summed E-state index contributed by atoms with van der Waals surface area (Å²) < 4.78 is 11.3. The smallest absolute Gasteiger partial charge is 0.221 e. The van der Waals surface area contributed by atoms with Crippen LogP contribution in [0.2, 0.25) is 0 Å². The van der Waals surface area contributed by atoms with E-state index in [1.807, 2.05) is 38.1 Å². The van der Waals surface area contributed by atoms with E-state index in [-0.39, 0.29) is 18.0 Å². The van der Waals surface area contributed by atoms with Crippen LogP contribution in [0.3, 0.4) is 0 Å². The number of carbonyl (C=O) groups excluding carboxylic acids is 1. The predicted octanol–water partition coefficient (Wildman–Crippen LogP) is 2.45. The molecule has 0 bridgehead atoms. The largest absolute Gasteiger partial charge is 0.349 e. The van der Waals surface area contributed by atoms with Crippen LogP contribution in [0.25, 0.3) is 0 Å². The van der Waals surface area contributed by atoms with Crippen LogP contribution in [0.1, 0.15) is 39.3 Å². The Kier molecular flexibility index (Phi) is 4.98. The molecule has 1 aromatic rings. The van der Waals surface area contributed by atoms with Crippen LogP contribution < -0.4 is 10.6 Å². The first kappa shape index (κ1) is 15.9. The molecule has 0 saturated carbocycles. The van der Waals surface area contributed by atoms with Crippen molar-refractivity contribution in [1.82, 2.24) is 5.32 Å². The molecule has 0 aromatic heterocycles. The van der Waals surface area contributed by atoms with Crippen LogP contribution in [0.15, 0.2) is 24.3 Å². The van der Waals surface area contributed by atoms with Crippen molar-refractivity contribution in [3.8, 4) is 0 Å². The van der Waals surface area contributed by atoms with Gasteiger partial charge in [0, 0.05) is 18.7 Å². The fourth-order valence-electron chi connectivity index (χ4n) is 2.33. The number of amides is 1. The second-order valence-corrected chi connectivity index (χ2v) is 5.91. The molecule has 2 rings (SSSR count). The highest BCUT2D eigenvalue weighted by atomic mass is 16.7. The van der Waals surface area contributed by atoms with Gasteiger partial charge in [-0.05, 0) is 38.5 Å². The lowest BCUT2D eigenvalue weighted by atomic mass is 10.1. The minimum atomic E-state index is -0.493. The zero-order chi connectivity index (χ0) is 15.5. The first-order chi connectivity index (χ1) is 9.85. The van der Waals surface area contributed by atoms with Crippen molar-refractivity contribution >= 4 is 11.6 Å². The number of carbonyl (C=O) groups is 1. The maximum absolute atomic E-state index is 11.1. The van der Waals surface area contributed by atoms with Crippen molar-refractivity contribution in [1.29, 1.82) is 0 Å². The van der Waals surface area contributed by atoms with Crippen molar-refractivity contribution in [3.05, 3.63) is 29.8 Å². The average Bonchev–Trinajstić information content (AvgIpc) is 2.41. The van der Waals surface area contributed by atoms with Gasteiger partial charge in [0.1, 0.15) is 0 Å². The molecule has 1 fully saturated rings. The summed E-state index contributed by atoms with van der Waals surface area (Å²) in [4.78, 5) is 11.1. The molecule has 5 nitrogen and oxygen atoms in total. The maximum Gasteiger partial charge on any atom is 0.221 e. The molecule has 1 aliphatic heterocycles. The summed E-state index contributed by atoms with van der Waals surface area (Å²) in [5.41, 5.74) is 1.93. The third-order valence-electron chi connectivity index (χ3n) is 3.46. The zero-order valence-corrected chi connectivity index (χ0v) is 13.1. The van der Waals surface area contributed by atoms with E-state index in [1.54, 1.807) is 0 Å². The number of hydrogen-bond acceptors (Lipinski definition) is 4. The molecule has 1 unspecified atom stereocenters. The summed E-state index contributed by atoms with van der Waals surface area (Å²) >= 11 is 0. The quantitative estimate of drug-likeness (QED) is 0.895. The van der Waals surface area contributed by atoms with Gasteiger partial charge in [-0.2, -0.15) is 0 Å². The van der Waals surface area contributed by atoms with Crippen molar-refractivity contribution in [2.24, 2.45) is 0 Å². The molecule has 0 spiro atoms. The zero-order valence-electron chi connectivity index (χ0n) is 13.1. The normalized spacial score (nSPS) is 20.0. The van der Waals surface area contributed by atoms with Gasteiger partial charge < -0.3 is 20.1 Å². The fraction of sp³-hybridized carbons (Fsp3) is 0.562. The van der Waals surface area contributed by atoms with Crippen molar-refractivity contribution in [2.45, 2.75) is 45.6 Å². The first-order valence-electron chi connectivity index (χ1n) is 7.27. The van der Waals surface area contributed by atoms with Gasteiger partial charge in [-0.3, -0.25) is 4.79 Å². The number of anilines is 1. The van der Waals surface area contributed by atoms with Crippen molar-refractivity contribution in [2.75, 3.05) is 18.5 Å². The Morgan fingerprint density at radius 2 is 2.00 bits per heavy atom. The summed E-state index contributed by atoms with van der Waals surface area (Å²) in [6, 6.07) is 8.16. The van der Waals surface area contributed by atoms with E-state index in [0.29, 0.717) is 13.2 Å². The van der Waals surface area contributed by atoms with Gasteiger partial charge in [-0.25, -0.2) is 0 Å². The highest BCUT2D eigenvalue weighted by molar-refractivity contribution is 5.88. The Labute approximate surface area is 126 Å². The molecule has 0 radical (unpaired) electrons. The van der Waals surface area contributed by atoms with E-state index in [1.165, 1.54) is 6.92 Å². The number of rotatable bonds is 4. The molecule has 1 aliphatic rings. The number of benzene rings is 1. The third kappa shape index (κ3) is 4.81. The topological polar surface area (TPSA) is 59.6 Å². The highest BCUT2D eigenvalue weighted by Crippen LogP contribution is 2.21. The first-order valence-corrected chi connectivity index (χ1v) is 7.27. The predicted molar refractivity (Wildman–Crippen MR) is 82.1 cm³/mol. The number of ether oxygens (including phenoxy) is 2. The molecule has 5 heteroatoms. The van der Waals surface area contributed by atoms with Gasteiger partial charge >= 0.3 is 0 Å². The maximum atomic E-state index is 11.1. The molecule has 1 heterocycles. The van der Waals surface area contributed by atoms with E-state index in [0.717, 1.165) is 11.3 Å². The van der Waals surface area contributed by atoms with Gasteiger partial charge in [0.2, 0.25) is 5.91 Å². The van der Waals surface area contributed by atoms with Crippen molar-refractivity contribution < 1.29 is 14.3 Å². The molecule has 1 atom stereocenters. The Hall–Kier alpha value is -1.43. The SMILES string of the molecule is CC(=O)Nc1cccc(C(C)NC2COC(C)(C)OC2)c1. The Balaban J connectivity index is 1.94. The van der Waals surface area contributed by atoms with Gasteiger partial charge in [-0.15, -0.1) is 0 Å². The molecule has 0 aliphatic carbocycles. The summed E-state index contributed by atoms with van der Waals surface area (Å²) in [6.07, 6.45) is 0. The Bertz CT molecular complexity index is 492. The van der Waals surface area contributed by atoms with Crippen molar-refractivity contribution in [3.63, 3.8) is 0 Å². The molecule has 1 amide bonds. The lowest BCUT2D eigenvalue weighted by Crippen LogP contribution is -2.49. The van der Waals surface area contributed by atoms with Gasteiger partial charge in [0.15, 0.2) is 5.79 Å². The molecule has 1 saturated heterocycles.